The summed E-state index contributed by atoms with van der Waals surface area (Å²) in [6.07, 6.45) is 1.58. The molecule has 7 heteroatoms. The summed E-state index contributed by atoms with van der Waals surface area (Å²) in [5, 5.41) is 3.89. The van der Waals surface area contributed by atoms with E-state index in [1.807, 2.05) is 90.4 Å². The third kappa shape index (κ3) is 6.51. The molecule has 4 aromatic heterocycles. The van der Waals surface area contributed by atoms with Crippen molar-refractivity contribution in [2.24, 2.45) is 0 Å². The first-order valence-corrected chi connectivity index (χ1v) is 23.3. The van der Waals surface area contributed by atoms with Gasteiger partial charge in [0.2, 0.25) is 0 Å². The van der Waals surface area contributed by atoms with Gasteiger partial charge < -0.3 is 0 Å². The maximum absolute atomic E-state index is 8.64. The molecule has 0 N–H and O–H groups in total. The van der Waals surface area contributed by atoms with Crippen LogP contribution in [0, 0.1) is 22.9 Å². The second kappa shape index (κ2) is 16.2. The SMILES string of the molecule is [2H]c1c([2H])c([2H])c(-c2cnc(-n3c4[c-]c(Oc5[c-]c6c(cc5)oc5ccccc5c5cccc7c5n6[c](=[Pt])n7-c5c(-c6ccccc6)cccc5-c5ccccc5)ccc4c4ccccc43)cc2C)c([2H])c1[2H]. The first-order chi connectivity index (χ1) is 35.6. The molecule has 0 aliphatic rings. The van der Waals surface area contributed by atoms with E-state index in [-0.39, 0.29) is 17.6 Å². The van der Waals surface area contributed by atoms with Crippen LogP contribution < -0.4 is 4.74 Å². The van der Waals surface area contributed by atoms with Gasteiger partial charge in [0.1, 0.15) is 0 Å². The van der Waals surface area contributed by atoms with E-state index in [2.05, 4.69) is 138 Å². The first kappa shape index (κ1) is 35.0. The van der Waals surface area contributed by atoms with Gasteiger partial charge in [-0.1, -0.05) is 42.3 Å². The summed E-state index contributed by atoms with van der Waals surface area (Å²) in [6, 6.07) is 65.3. The zero-order chi connectivity index (χ0) is 49.6. The van der Waals surface area contributed by atoms with Crippen LogP contribution in [0.4, 0.5) is 0 Å². The van der Waals surface area contributed by atoms with Crippen molar-refractivity contribution in [1.82, 2.24) is 18.5 Å². The molecule has 0 radical (unpaired) electrons. The van der Waals surface area contributed by atoms with Gasteiger partial charge in [0, 0.05) is 11.8 Å². The number of ether oxygens (including phenoxy) is 1. The Bertz CT molecular complexity index is 4440. The van der Waals surface area contributed by atoms with E-state index in [4.69, 9.17) is 21.0 Å². The predicted octanol–water partition coefficient (Wildman–Crippen LogP) is 15.6. The summed E-state index contributed by atoms with van der Waals surface area (Å²) >= 11 is 2.45. The molecular weight excluding hydrogens is 1020 g/mol. The Kier molecular flexibility index (Phi) is 8.35. The van der Waals surface area contributed by atoms with Crippen molar-refractivity contribution >= 4 is 60.3 Å². The minimum atomic E-state index is -0.438. The van der Waals surface area contributed by atoms with Gasteiger partial charge in [0.15, 0.2) is 0 Å². The molecule has 4 heterocycles. The van der Waals surface area contributed by atoms with Crippen LogP contribution >= 0.6 is 0 Å². The topological polar surface area (TPSA) is 49.5 Å². The molecule has 6 nitrogen and oxygen atoms in total. The van der Waals surface area contributed by atoms with Crippen molar-refractivity contribution < 1.29 is 35.4 Å². The number of para-hydroxylation sites is 4. The molecule has 9 aromatic carbocycles. The van der Waals surface area contributed by atoms with E-state index in [1.165, 1.54) is 0 Å². The van der Waals surface area contributed by atoms with Crippen LogP contribution in [0.15, 0.2) is 217 Å². The molecule has 0 fully saturated rings. The van der Waals surface area contributed by atoms with Crippen molar-refractivity contribution in [2.45, 2.75) is 6.92 Å². The maximum atomic E-state index is 8.64. The van der Waals surface area contributed by atoms with Crippen molar-refractivity contribution in [3.8, 4) is 56.4 Å². The molecule has 0 bridgehead atoms. The molecule has 326 valence electrons. The third-order valence-electron chi connectivity index (χ3n) is 12.6. The normalized spacial score (nSPS) is 12.7. The van der Waals surface area contributed by atoms with Crippen LogP contribution in [0.25, 0.3) is 105 Å². The number of benzene rings is 9. The first-order valence-electron chi connectivity index (χ1n) is 24.6. The third-order valence-corrected chi connectivity index (χ3v) is 13.6. The Morgan fingerprint density at radius 2 is 1.18 bits per heavy atom. The van der Waals surface area contributed by atoms with E-state index in [0.717, 1.165) is 80.9 Å². The zero-order valence-corrected chi connectivity index (χ0v) is 38.5. The predicted molar refractivity (Wildman–Crippen MR) is 271 cm³/mol. The number of aryl methyl sites for hydroxylation is 1. The fourth-order valence-electron chi connectivity index (χ4n) is 9.58. The summed E-state index contributed by atoms with van der Waals surface area (Å²) in [4.78, 5) is 4.87. The summed E-state index contributed by atoms with van der Waals surface area (Å²) in [7, 11) is 0. The van der Waals surface area contributed by atoms with Gasteiger partial charge in [0.25, 0.3) is 0 Å². The van der Waals surface area contributed by atoms with E-state index in [1.54, 1.807) is 6.20 Å². The molecule has 13 rings (SSSR count). The molecule has 0 aliphatic carbocycles. The van der Waals surface area contributed by atoms with E-state index < -0.39 is 18.1 Å². The second-order valence-electron chi connectivity index (χ2n) is 16.5. The standard InChI is InChI=1S/C61H38N4O2.Pt/c1-40-35-59(62-38-52(40)43-21-9-4-10-22-43)65-53-28-13-11-23-48(53)49-33-31-44(36-55(49)65)66-45-32-34-58-56(37-45)64-39-63(54-29-16-27-51(61(54)64)50-24-12-14-30-57(50)67-58)60-46(41-17-5-2-6-18-41)25-15-26-47(60)42-19-7-3-8-20-42;/h2-35,38H,1H3;/q-2;/i4D,9D,10D,21D,22D;. The van der Waals surface area contributed by atoms with Gasteiger partial charge in [0.05, 0.1) is 6.85 Å². The van der Waals surface area contributed by atoms with Gasteiger partial charge >= 0.3 is 332 Å². The van der Waals surface area contributed by atoms with Gasteiger partial charge in [-0.25, -0.2) is 0 Å². The Labute approximate surface area is 409 Å². The quantitative estimate of drug-likeness (QED) is 0.149. The van der Waals surface area contributed by atoms with Crippen molar-refractivity contribution in [3.63, 3.8) is 0 Å². The summed E-state index contributed by atoms with van der Waals surface area (Å²) in [5.41, 5.74) is 12.2. The van der Waals surface area contributed by atoms with Crippen LogP contribution in [-0.4, -0.2) is 18.5 Å². The molecule has 13 aromatic rings. The molecule has 0 aliphatic heterocycles. The number of aromatic nitrogens is 4. The van der Waals surface area contributed by atoms with Crippen molar-refractivity contribution in [2.75, 3.05) is 0 Å². The number of hydrogen-bond donors (Lipinski definition) is 0. The molecule has 0 saturated carbocycles. The number of imidazole rings is 1. The van der Waals surface area contributed by atoms with Crippen molar-refractivity contribution in [1.29, 1.82) is 0 Å². The smallest absolute Gasteiger partial charge is 0.0616 e. The zero-order valence-electron chi connectivity index (χ0n) is 41.2. The van der Waals surface area contributed by atoms with Crippen LogP contribution in [0.5, 0.6) is 11.5 Å². The number of fused-ring (bicyclic) bond motifs is 7. The Hall–Kier alpha value is -8.31. The Morgan fingerprint density at radius 3 is 1.93 bits per heavy atom. The minimum Gasteiger partial charge on any atom is -0.0616 e. The molecular formula is C61H38N4O2Pt-2. The van der Waals surface area contributed by atoms with Crippen LogP contribution in [-0.2, 0) is 19.4 Å². The number of hydrogen-bond acceptors (Lipinski definition) is 3. The molecule has 68 heavy (non-hydrogen) atoms. The summed E-state index contributed by atoms with van der Waals surface area (Å²) in [5.74, 6) is 1.47. The summed E-state index contributed by atoms with van der Waals surface area (Å²) in [6.45, 7) is 1.86. The van der Waals surface area contributed by atoms with Gasteiger partial charge in [-0.3, -0.25) is 0 Å². The second-order valence-corrected chi connectivity index (χ2v) is 17.6. The van der Waals surface area contributed by atoms with Crippen LogP contribution in [0.3, 0.4) is 0 Å². The number of rotatable bonds is 7. The van der Waals surface area contributed by atoms with Gasteiger partial charge in [-0.05, 0) is 18.1 Å². The molecule has 0 amide bonds. The molecule has 0 spiro atoms. The molecule has 0 atom stereocenters. The Morgan fingerprint density at radius 1 is 0.544 bits per heavy atom. The molecule has 0 saturated heterocycles. The molecule has 0 unspecified atom stereocenters. The summed E-state index contributed by atoms with van der Waals surface area (Å²) < 4.78 is 63.2. The van der Waals surface area contributed by atoms with Crippen LogP contribution in [0.1, 0.15) is 12.4 Å². The number of pyridine rings is 1. The number of nitrogens with zero attached hydrogens (tertiary/aromatic N) is 4. The van der Waals surface area contributed by atoms with E-state index in [9.17, 15) is 0 Å². The average molecular weight is 1060 g/mol. The minimum absolute atomic E-state index is 0.108. The van der Waals surface area contributed by atoms with Crippen molar-refractivity contribution in [3.05, 3.63) is 234 Å². The Balaban J connectivity index is 1.01. The fourth-order valence-corrected chi connectivity index (χ4v) is 10.6. The van der Waals surface area contributed by atoms with Crippen LogP contribution in [0.2, 0.25) is 0 Å². The van der Waals surface area contributed by atoms with Gasteiger partial charge in [-0.2, -0.15) is 0 Å². The fraction of sp³-hybridized carbons (Fsp3) is 0.0164. The van der Waals surface area contributed by atoms with E-state index in [0.29, 0.717) is 39.5 Å². The monoisotopic (exact) mass is 1060 g/mol. The van der Waals surface area contributed by atoms with E-state index >= 15 is 0 Å². The van der Waals surface area contributed by atoms with Gasteiger partial charge in [-0.15, -0.1) is 0 Å². The average Bonchev–Trinajstić information content (AvgIpc) is 3.91.